The van der Waals surface area contributed by atoms with Gasteiger partial charge in [0.15, 0.2) is 5.82 Å². The van der Waals surface area contributed by atoms with Gasteiger partial charge in [0.2, 0.25) is 5.91 Å². The summed E-state index contributed by atoms with van der Waals surface area (Å²) in [4.78, 5) is 12.2. The molecule has 6 heteroatoms. The van der Waals surface area contributed by atoms with Gasteiger partial charge in [0.05, 0.1) is 5.52 Å². The lowest BCUT2D eigenvalue weighted by Crippen LogP contribution is -2.25. The summed E-state index contributed by atoms with van der Waals surface area (Å²) in [6.07, 6.45) is 4.86. The molecule has 112 valence electrons. The zero-order chi connectivity index (χ0) is 14.8. The molecule has 3 rings (SSSR count). The van der Waals surface area contributed by atoms with E-state index in [0.717, 1.165) is 29.4 Å². The maximum atomic E-state index is 12.2. The number of fused-ring (bicyclic) bond motifs is 1. The number of nitrogen functional groups attached to an aromatic ring is 1. The highest BCUT2D eigenvalue weighted by atomic mass is 35.5. The number of H-pyrrole nitrogens is 1. The fourth-order valence-electron chi connectivity index (χ4n) is 2.95. The molecule has 1 heterocycles. The largest absolute Gasteiger partial charge is 0.382 e. The van der Waals surface area contributed by atoms with Crippen molar-refractivity contribution in [2.45, 2.75) is 37.5 Å². The molecule has 1 saturated carbocycles. The Morgan fingerprint density at radius 2 is 2.24 bits per heavy atom. The van der Waals surface area contributed by atoms with E-state index in [2.05, 4.69) is 15.5 Å². The topological polar surface area (TPSA) is 83.8 Å². The Labute approximate surface area is 128 Å². The first kappa shape index (κ1) is 14.2. The third kappa shape index (κ3) is 3.13. The minimum atomic E-state index is 0.00830. The van der Waals surface area contributed by atoms with Crippen LogP contribution in [0.15, 0.2) is 18.2 Å². The molecule has 0 spiro atoms. The molecule has 1 aliphatic carbocycles. The second kappa shape index (κ2) is 5.93. The SMILES string of the molecule is Nc1n[nH]c2ccc(NC(=O)CC3CCCC[C@H]3Cl)cc12. The molecule has 1 aromatic heterocycles. The molecule has 1 aliphatic rings. The van der Waals surface area contributed by atoms with E-state index < -0.39 is 0 Å². The molecule has 21 heavy (non-hydrogen) atoms. The standard InChI is InChI=1S/C15H19ClN4O/c16-12-4-2-1-3-9(12)7-14(21)18-10-5-6-13-11(8-10)15(17)20-19-13/h5-6,8-9,12H,1-4,7H2,(H,18,21)(H3,17,19,20)/t9?,12-/m1/s1. The number of halogens is 1. The molecule has 2 atom stereocenters. The van der Waals surface area contributed by atoms with Crippen LogP contribution in [0.5, 0.6) is 0 Å². The van der Waals surface area contributed by atoms with E-state index >= 15 is 0 Å². The highest BCUT2D eigenvalue weighted by Crippen LogP contribution is 2.31. The molecule has 0 radical (unpaired) electrons. The molecule has 5 nitrogen and oxygen atoms in total. The Morgan fingerprint density at radius 1 is 1.43 bits per heavy atom. The van der Waals surface area contributed by atoms with Crippen molar-refractivity contribution in [2.75, 3.05) is 11.1 Å². The van der Waals surface area contributed by atoms with Gasteiger partial charge in [-0.1, -0.05) is 12.8 Å². The van der Waals surface area contributed by atoms with Crippen LogP contribution in [0.4, 0.5) is 11.5 Å². The van der Waals surface area contributed by atoms with Gasteiger partial charge in [-0.15, -0.1) is 11.6 Å². The zero-order valence-electron chi connectivity index (χ0n) is 11.7. The number of carbonyl (C=O) groups excluding carboxylic acids is 1. The van der Waals surface area contributed by atoms with E-state index in [-0.39, 0.29) is 17.2 Å². The number of rotatable bonds is 3. The number of aromatic amines is 1. The number of nitrogens with zero attached hydrogens (tertiary/aromatic N) is 1. The van der Waals surface area contributed by atoms with Crippen molar-refractivity contribution in [1.82, 2.24) is 10.2 Å². The second-order valence-electron chi connectivity index (χ2n) is 5.68. The number of hydrogen-bond acceptors (Lipinski definition) is 3. The van der Waals surface area contributed by atoms with Crippen molar-refractivity contribution in [1.29, 1.82) is 0 Å². The quantitative estimate of drug-likeness (QED) is 0.761. The normalized spacial score (nSPS) is 22.3. The molecule has 0 saturated heterocycles. The number of anilines is 2. The van der Waals surface area contributed by atoms with Gasteiger partial charge in [-0.3, -0.25) is 9.89 Å². The molecule has 1 amide bonds. The molecule has 1 unspecified atom stereocenters. The van der Waals surface area contributed by atoms with Crippen molar-refractivity contribution in [3.8, 4) is 0 Å². The highest BCUT2D eigenvalue weighted by Gasteiger charge is 2.25. The first-order valence-electron chi connectivity index (χ1n) is 7.31. The first-order chi connectivity index (χ1) is 10.1. The molecule has 4 N–H and O–H groups in total. The minimum Gasteiger partial charge on any atom is -0.382 e. The molecule has 0 aliphatic heterocycles. The number of aromatic nitrogens is 2. The lowest BCUT2D eigenvalue weighted by molar-refractivity contribution is -0.117. The number of hydrogen-bond donors (Lipinski definition) is 3. The first-order valence-corrected chi connectivity index (χ1v) is 7.74. The van der Waals surface area contributed by atoms with Crippen LogP contribution in [0, 0.1) is 5.92 Å². The molecule has 1 fully saturated rings. The van der Waals surface area contributed by atoms with E-state index in [1.54, 1.807) is 0 Å². The molecule has 0 bridgehead atoms. The van der Waals surface area contributed by atoms with Crippen LogP contribution in [0.3, 0.4) is 0 Å². The van der Waals surface area contributed by atoms with Gasteiger partial charge in [0.1, 0.15) is 0 Å². The summed E-state index contributed by atoms with van der Waals surface area (Å²) in [6, 6.07) is 5.54. The van der Waals surface area contributed by atoms with Gasteiger partial charge in [0, 0.05) is 22.9 Å². The maximum Gasteiger partial charge on any atom is 0.224 e. The van der Waals surface area contributed by atoms with Crippen LogP contribution in [-0.2, 0) is 4.79 Å². The fourth-order valence-corrected chi connectivity index (χ4v) is 3.32. The molecule has 2 aromatic rings. The smallest absolute Gasteiger partial charge is 0.224 e. The number of nitrogens with one attached hydrogen (secondary N) is 2. The van der Waals surface area contributed by atoms with Crippen LogP contribution in [0.1, 0.15) is 32.1 Å². The predicted octanol–water partition coefficient (Wildman–Crippen LogP) is 3.27. The van der Waals surface area contributed by atoms with E-state index in [4.69, 9.17) is 17.3 Å². The zero-order valence-corrected chi connectivity index (χ0v) is 12.5. The van der Waals surface area contributed by atoms with Gasteiger partial charge < -0.3 is 11.1 Å². The van der Waals surface area contributed by atoms with Gasteiger partial charge >= 0.3 is 0 Å². The Morgan fingerprint density at radius 3 is 3.05 bits per heavy atom. The van der Waals surface area contributed by atoms with E-state index in [0.29, 0.717) is 12.2 Å². The summed E-state index contributed by atoms with van der Waals surface area (Å²) in [6.45, 7) is 0. The van der Waals surface area contributed by atoms with Crippen molar-refractivity contribution >= 4 is 39.9 Å². The summed E-state index contributed by atoms with van der Waals surface area (Å²) < 4.78 is 0. The highest BCUT2D eigenvalue weighted by molar-refractivity contribution is 6.21. The average molecular weight is 307 g/mol. The predicted molar refractivity (Wildman–Crippen MR) is 85.4 cm³/mol. The summed E-state index contributed by atoms with van der Waals surface area (Å²) >= 11 is 6.31. The second-order valence-corrected chi connectivity index (χ2v) is 6.24. The van der Waals surface area contributed by atoms with E-state index in [1.807, 2.05) is 18.2 Å². The van der Waals surface area contributed by atoms with Gasteiger partial charge in [-0.2, -0.15) is 5.10 Å². The van der Waals surface area contributed by atoms with Gasteiger partial charge in [0.25, 0.3) is 0 Å². The fraction of sp³-hybridized carbons (Fsp3) is 0.467. The van der Waals surface area contributed by atoms with Crippen LogP contribution in [0.2, 0.25) is 0 Å². The number of carbonyl (C=O) groups is 1. The summed E-state index contributed by atoms with van der Waals surface area (Å²) in [5.74, 6) is 0.728. The number of alkyl halides is 1. The third-order valence-electron chi connectivity index (χ3n) is 4.14. The van der Waals surface area contributed by atoms with Crippen molar-refractivity contribution in [3.63, 3.8) is 0 Å². The summed E-state index contributed by atoms with van der Waals surface area (Å²) in [5, 5.41) is 10.6. The Bertz CT molecular complexity index is 654. The average Bonchev–Trinajstić information content (AvgIpc) is 2.83. The van der Waals surface area contributed by atoms with E-state index in [9.17, 15) is 4.79 Å². The van der Waals surface area contributed by atoms with Gasteiger partial charge in [-0.05, 0) is 37.0 Å². The number of amides is 1. The molecular formula is C15H19ClN4O. The van der Waals surface area contributed by atoms with Crippen molar-refractivity contribution in [2.24, 2.45) is 5.92 Å². The lowest BCUT2D eigenvalue weighted by atomic mass is 9.86. The van der Waals surface area contributed by atoms with Gasteiger partial charge in [-0.25, -0.2) is 0 Å². The van der Waals surface area contributed by atoms with Crippen LogP contribution in [-0.4, -0.2) is 21.5 Å². The minimum absolute atomic E-state index is 0.00830. The van der Waals surface area contributed by atoms with Crippen LogP contribution < -0.4 is 11.1 Å². The number of nitrogens with two attached hydrogens (primary N) is 1. The monoisotopic (exact) mass is 306 g/mol. The van der Waals surface area contributed by atoms with Crippen LogP contribution in [0.25, 0.3) is 10.9 Å². The Balaban J connectivity index is 1.66. The summed E-state index contributed by atoms with van der Waals surface area (Å²) in [5.41, 5.74) is 7.37. The molecular weight excluding hydrogens is 288 g/mol. The Hall–Kier alpha value is -1.75. The van der Waals surface area contributed by atoms with Crippen LogP contribution >= 0.6 is 11.6 Å². The third-order valence-corrected chi connectivity index (χ3v) is 4.71. The van der Waals surface area contributed by atoms with Crippen molar-refractivity contribution < 1.29 is 4.79 Å². The van der Waals surface area contributed by atoms with Crippen molar-refractivity contribution in [3.05, 3.63) is 18.2 Å². The lowest BCUT2D eigenvalue weighted by Gasteiger charge is -2.26. The Kier molecular flexibility index (Phi) is 4.01. The summed E-state index contributed by atoms with van der Waals surface area (Å²) in [7, 11) is 0. The number of benzene rings is 1. The maximum absolute atomic E-state index is 12.2. The molecule has 1 aromatic carbocycles. The van der Waals surface area contributed by atoms with E-state index in [1.165, 1.54) is 12.8 Å².